The summed E-state index contributed by atoms with van der Waals surface area (Å²) in [7, 11) is 0. The molecule has 0 aliphatic carbocycles. The average Bonchev–Trinajstić information content (AvgIpc) is 3.04. The maximum atomic E-state index is 11.9. The normalized spacial score (nSPS) is 18.5. The number of rotatable bonds is 7. The van der Waals surface area contributed by atoms with Crippen molar-refractivity contribution >= 4 is 6.09 Å². The molecule has 154 valence electrons. The number of alkyl carbamates (subject to hydrolysis) is 1. The van der Waals surface area contributed by atoms with Gasteiger partial charge in [0.05, 0.1) is 11.6 Å². The van der Waals surface area contributed by atoms with Gasteiger partial charge in [0.25, 0.3) is 0 Å². The number of benzene rings is 1. The molecule has 2 unspecified atom stereocenters. The molecule has 1 N–H and O–H groups in total. The smallest absolute Gasteiger partial charge is 0.407 e. The minimum atomic E-state index is -0.457. The van der Waals surface area contributed by atoms with E-state index in [-0.39, 0.29) is 12.1 Å². The van der Waals surface area contributed by atoms with Crippen molar-refractivity contribution in [3.05, 3.63) is 34.9 Å². The van der Waals surface area contributed by atoms with E-state index in [1.807, 2.05) is 33.8 Å². The third-order valence-corrected chi connectivity index (χ3v) is 5.36. The van der Waals surface area contributed by atoms with Crippen LogP contribution in [0.1, 0.15) is 76.0 Å². The van der Waals surface area contributed by atoms with Crippen molar-refractivity contribution in [2.75, 3.05) is 19.6 Å². The molecule has 1 aromatic carbocycles. The van der Waals surface area contributed by atoms with E-state index in [4.69, 9.17) is 10.00 Å². The predicted octanol–water partition coefficient (Wildman–Crippen LogP) is 4.74. The molecule has 28 heavy (non-hydrogen) atoms. The SMILES string of the molecule is CCC(CCCN1CCC(NC(=O)OC(C)(C)C)C1)c1ccc(C#N)c(C)c1. The molecule has 0 saturated carbocycles. The first kappa shape index (κ1) is 22.2. The molecule has 1 aromatic rings. The zero-order valence-electron chi connectivity index (χ0n) is 18.0. The lowest BCUT2D eigenvalue weighted by Gasteiger charge is -2.22. The number of hydrogen-bond acceptors (Lipinski definition) is 4. The Kier molecular flexibility index (Phi) is 7.88. The van der Waals surface area contributed by atoms with Crippen molar-refractivity contribution in [1.29, 1.82) is 5.26 Å². The molecule has 0 radical (unpaired) electrons. The molecule has 2 rings (SSSR count). The molecule has 1 aliphatic heterocycles. The van der Waals surface area contributed by atoms with E-state index in [1.54, 1.807) is 0 Å². The van der Waals surface area contributed by atoms with Gasteiger partial charge in [-0.2, -0.15) is 5.26 Å². The topological polar surface area (TPSA) is 65.4 Å². The Hall–Kier alpha value is -2.06. The van der Waals surface area contributed by atoms with Crippen LogP contribution in [0.5, 0.6) is 0 Å². The number of nitrogens with zero attached hydrogens (tertiary/aromatic N) is 2. The summed E-state index contributed by atoms with van der Waals surface area (Å²) in [6, 6.07) is 8.65. The van der Waals surface area contributed by atoms with E-state index < -0.39 is 5.60 Å². The van der Waals surface area contributed by atoms with E-state index in [9.17, 15) is 4.79 Å². The number of likely N-dealkylation sites (tertiary alicyclic amines) is 1. The summed E-state index contributed by atoms with van der Waals surface area (Å²) < 4.78 is 5.35. The number of ether oxygens (including phenoxy) is 1. The van der Waals surface area contributed by atoms with Gasteiger partial charge >= 0.3 is 6.09 Å². The van der Waals surface area contributed by atoms with Crippen molar-refractivity contribution in [3.63, 3.8) is 0 Å². The molecule has 5 heteroatoms. The van der Waals surface area contributed by atoms with Crippen LogP contribution in [-0.4, -0.2) is 42.3 Å². The molecule has 1 heterocycles. The Balaban J connectivity index is 1.76. The lowest BCUT2D eigenvalue weighted by molar-refractivity contribution is 0.0506. The van der Waals surface area contributed by atoms with Gasteiger partial charge in [0.15, 0.2) is 0 Å². The number of amides is 1. The average molecular weight is 386 g/mol. The summed E-state index contributed by atoms with van der Waals surface area (Å²) in [6.07, 6.45) is 4.04. The number of nitrogens with one attached hydrogen (secondary N) is 1. The highest BCUT2D eigenvalue weighted by Crippen LogP contribution is 2.27. The number of nitriles is 1. The second-order valence-electron chi connectivity index (χ2n) is 8.87. The molecular formula is C23H35N3O2. The fraction of sp³-hybridized carbons (Fsp3) is 0.652. The second kappa shape index (κ2) is 9.93. The number of carbonyl (C=O) groups excluding carboxylic acids is 1. The molecule has 0 spiro atoms. The highest BCUT2D eigenvalue weighted by atomic mass is 16.6. The second-order valence-corrected chi connectivity index (χ2v) is 8.87. The van der Waals surface area contributed by atoms with Crippen LogP contribution in [0.25, 0.3) is 0 Å². The van der Waals surface area contributed by atoms with E-state index in [1.165, 1.54) is 5.56 Å². The predicted molar refractivity (Wildman–Crippen MR) is 112 cm³/mol. The zero-order chi connectivity index (χ0) is 20.7. The quantitative estimate of drug-likeness (QED) is 0.736. The van der Waals surface area contributed by atoms with Crippen LogP contribution in [0.2, 0.25) is 0 Å². The fourth-order valence-corrected chi connectivity index (χ4v) is 3.86. The summed E-state index contributed by atoms with van der Waals surface area (Å²) in [5.41, 5.74) is 2.71. The summed E-state index contributed by atoms with van der Waals surface area (Å²) in [5.74, 6) is 0.532. The molecule has 1 fully saturated rings. The van der Waals surface area contributed by atoms with Gasteiger partial charge in [-0.15, -0.1) is 0 Å². The van der Waals surface area contributed by atoms with Crippen molar-refractivity contribution in [2.24, 2.45) is 0 Å². The van der Waals surface area contributed by atoms with Gasteiger partial charge in [0, 0.05) is 19.1 Å². The molecule has 1 saturated heterocycles. The van der Waals surface area contributed by atoms with Crippen LogP contribution in [0.3, 0.4) is 0 Å². The lowest BCUT2D eigenvalue weighted by atomic mass is 9.90. The Labute approximate surface area is 170 Å². The first-order valence-electron chi connectivity index (χ1n) is 10.4. The van der Waals surface area contributed by atoms with Crippen molar-refractivity contribution < 1.29 is 9.53 Å². The van der Waals surface area contributed by atoms with Crippen molar-refractivity contribution in [2.45, 2.75) is 77.9 Å². The Bertz CT molecular complexity index is 703. The highest BCUT2D eigenvalue weighted by molar-refractivity contribution is 5.68. The van der Waals surface area contributed by atoms with Crippen LogP contribution in [0, 0.1) is 18.3 Å². The van der Waals surface area contributed by atoms with Crippen molar-refractivity contribution in [1.82, 2.24) is 10.2 Å². The maximum absolute atomic E-state index is 11.9. The van der Waals surface area contributed by atoms with Crippen LogP contribution in [-0.2, 0) is 4.74 Å². The summed E-state index contributed by atoms with van der Waals surface area (Å²) in [4.78, 5) is 14.4. The van der Waals surface area contributed by atoms with Crippen LogP contribution >= 0.6 is 0 Å². The molecular weight excluding hydrogens is 350 g/mol. The lowest BCUT2D eigenvalue weighted by Crippen LogP contribution is -2.40. The first-order valence-corrected chi connectivity index (χ1v) is 10.4. The third-order valence-electron chi connectivity index (χ3n) is 5.36. The van der Waals surface area contributed by atoms with Gasteiger partial charge in [0.2, 0.25) is 0 Å². The maximum Gasteiger partial charge on any atom is 0.407 e. The van der Waals surface area contributed by atoms with Gasteiger partial charge < -0.3 is 15.0 Å². The fourth-order valence-electron chi connectivity index (χ4n) is 3.86. The Morgan fingerprint density at radius 2 is 2.18 bits per heavy atom. The first-order chi connectivity index (χ1) is 13.2. The summed E-state index contributed by atoms with van der Waals surface area (Å²) in [5, 5.41) is 12.1. The van der Waals surface area contributed by atoms with Gasteiger partial charge in [0.1, 0.15) is 5.60 Å². The van der Waals surface area contributed by atoms with E-state index in [2.05, 4.69) is 35.3 Å². The Morgan fingerprint density at radius 1 is 1.43 bits per heavy atom. The van der Waals surface area contributed by atoms with Crippen LogP contribution in [0.15, 0.2) is 18.2 Å². The monoisotopic (exact) mass is 385 g/mol. The highest BCUT2D eigenvalue weighted by Gasteiger charge is 2.26. The number of carbonyl (C=O) groups is 1. The largest absolute Gasteiger partial charge is 0.444 e. The minimum Gasteiger partial charge on any atom is -0.444 e. The molecule has 1 aliphatic rings. The van der Waals surface area contributed by atoms with Gasteiger partial charge in [-0.3, -0.25) is 0 Å². The van der Waals surface area contributed by atoms with Crippen LogP contribution < -0.4 is 5.32 Å². The van der Waals surface area contributed by atoms with Crippen molar-refractivity contribution in [3.8, 4) is 6.07 Å². The van der Waals surface area contributed by atoms with E-state index >= 15 is 0 Å². The molecule has 0 bridgehead atoms. The van der Waals surface area contributed by atoms with E-state index in [0.717, 1.165) is 56.4 Å². The molecule has 2 atom stereocenters. The molecule has 5 nitrogen and oxygen atoms in total. The van der Waals surface area contributed by atoms with Gasteiger partial charge in [-0.05, 0) is 83.0 Å². The number of aryl methyl sites for hydroxylation is 1. The molecule has 1 amide bonds. The van der Waals surface area contributed by atoms with Gasteiger partial charge in [-0.1, -0.05) is 19.1 Å². The van der Waals surface area contributed by atoms with Gasteiger partial charge in [-0.25, -0.2) is 4.79 Å². The van der Waals surface area contributed by atoms with Crippen LogP contribution in [0.4, 0.5) is 4.79 Å². The minimum absolute atomic E-state index is 0.179. The van der Waals surface area contributed by atoms with E-state index in [0.29, 0.717) is 5.92 Å². The molecule has 0 aromatic heterocycles. The summed E-state index contributed by atoms with van der Waals surface area (Å²) >= 11 is 0. The standard InChI is InChI=1S/C23H35N3O2/c1-6-18(19-9-10-20(15-24)17(2)14-19)8-7-12-26-13-11-21(16-26)25-22(27)28-23(3,4)5/h9-10,14,18,21H,6-8,11-13,16H2,1-5H3,(H,25,27). The third kappa shape index (κ3) is 6.83. The zero-order valence-corrected chi connectivity index (χ0v) is 18.0. The summed E-state index contributed by atoms with van der Waals surface area (Å²) in [6.45, 7) is 12.9. The number of hydrogen-bond donors (Lipinski definition) is 1. The Morgan fingerprint density at radius 3 is 2.79 bits per heavy atom.